The fraction of sp³-hybridized carbons (Fsp3) is 0.280. The van der Waals surface area contributed by atoms with Gasteiger partial charge in [0, 0.05) is 16.1 Å². The standard InChI is InChI=1S/C25H23ClF2/c1-16-2-4-17(5-3-16)19-8-12-23(24(27)14-19)20-9-13-22(25(28)15-20)18-6-10-21(26)11-7-18/h6-17H,2-5H2,1H3. The van der Waals surface area contributed by atoms with E-state index in [0.717, 1.165) is 29.9 Å². The summed E-state index contributed by atoms with van der Waals surface area (Å²) in [7, 11) is 0. The van der Waals surface area contributed by atoms with E-state index in [9.17, 15) is 8.78 Å². The van der Waals surface area contributed by atoms with Crippen molar-refractivity contribution in [1.29, 1.82) is 0 Å². The van der Waals surface area contributed by atoms with Gasteiger partial charge in [-0.1, -0.05) is 67.8 Å². The summed E-state index contributed by atoms with van der Waals surface area (Å²) < 4.78 is 29.5. The Balaban J connectivity index is 1.60. The van der Waals surface area contributed by atoms with Crippen LogP contribution in [0.25, 0.3) is 22.3 Å². The molecule has 0 aliphatic heterocycles. The lowest BCUT2D eigenvalue weighted by Crippen LogP contribution is -2.11. The van der Waals surface area contributed by atoms with Gasteiger partial charge in [-0.05, 0) is 65.6 Å². The number of benzene rings is 3. The summed E-state index contributed by atoms with van der Waals surface area (Å²) in [5.41, 5.74) is 3.28. The Kier molecular flexibility index (Phi) is 5.50. The maximum Gasteiger partial charge on any atom is 0.131 e. The first kappa shape index (κ1) is 19.1. The third-order valence-corrected chi connectivity index (χ3v) is 6.17. The number of halogens is 3. The van der Waals surface area contributed by atoms with E-state index in [4.69, 9.17) is 11.6 Å². The fourth-order valence-corrected chi connectivity index (χ4v) is 4.29. The van der Waals surface area contributed by atoms with Crippen LogP contribution in [0.3, 0.4) is 0 Å². The smallest absolute Gasteiger partial charge is 0.131 e. The molecule has 0 nitrogen and oxygen atoms in total. The van der Waals surface area contributed by atoms with Crippen LogP contribution in [0.5, 0.6) is 0 Å². The van der Waals surface area contributed by atoms with Crippen molar-refractivity contribution < 1.29 is 8.78 Å². The van der Waals surface area contributed by atoms with Crippen molar-refractivity contribution in [2.75, 3.05) is 0 Å². The minimum Gasteiger partial charge on any atom is -0.206 e. The first-order valence-corrected chi connectivity index (χ1v) is 10.2. The van der Waals surface area contributed by atoms with Crippen molar-refractivity contribution in [3.63, 3.8) is 0 Å². The van der Waals surface area contributed by atoms with E-state index >= 15 is 0 Å². The highest BCUT2D eigenvalue weighted by atomic mass is 35.5. The van der Waals surface area contributed by atoms with Gasteiger partial charge in [-0.3, -0.25) is 0 Å². The third-order valence-electron chi connectivity index (χ3n) is 5.92. The molecule has 144 valence electrons. The summed E-state index contributed by atoms with van der Waals surface area (Å²) in [6.45, 7) is 2.28. The second-order valence-electron chi connectivity index (χ2n) is 7.90. The van der Waals surface area contributed by atoms with E-state index in [1.807, 2.05) is 6.07 Å². The minimum atomic E-state index is -0.371. The maximum absolute atomic E-state index is 14.8. The van der Waals surface area contributed by atoms with Crippen molar-refractivity contribution >= 4 is 11.6 Å². The number of hydrogen-bond donors (Lipinski definition) is 0. The second-order valence-corrected chi connectivity index (χ2v) is 8.33. The Bertz CT molecular complexity index is 970. The first-order valence-electron chi connectivity index (χ1n) is 9.86. The summed E-state index contributed by atoms with van der Waals surface area (Å²) in [6.07, 6.45) is 4.63. The number of rotatable bonds is 3. The molecule has 0 N–H and O–H groups in total. The van der Waals surface area contributed by atoms with Crippen LogP contribution in [0.2, 0.25) is 5.02 Å². The predicted octanol–water partition coefficient (Wildman–Crippen LogP) is 8.25. The monoisotopic (exact) mass is 396 g/mol. The van der Waals surface area contributed by atoms with Crippen LogP contribution in [0.1, 0.15) is 44.1 Å². The van der Waals surface area contributed by atoms with E-state index in [2.05, 4.69) is 6.92 Å². The fourth-order valence-electron chi connectivity index (χ4n) is 4.16. The lowest BCUT2D eigenvalue weighted by Gasteiger charge is -2.26. The zero-order valence-electron chi connectivity index (χ0n) is 15.9. The molecule has 3 heteroatoms. The zero-order chi connectivity index (χ0) is 19.7. The normalized spacial score (nSPS) is 19.6. The molecule has 3 aromatic carbocycles. The summed E-state index contributed by atoms with van der Waals surface area (Å²) >= 11 is 5.90. The maximum atomic E-state index is 14.8. The molecule has 1 fully saturated rings. The van der Waals surface area contributed by atoms with Crippen LogP contribution in [0.4, 0.5) is 8.78 Å². The van der Waals surface area contributed by atoms with Gasteiger partial charge in [0.25, 0.3) is 0 Å². The van der Waals surface area contributed by atoms with Gasteiger partial charge < -0.3 is 0 Å². The SMILES string of the molecule is CC1CCC(c2ccc(-c3ccc(-c4ccc(Cl)cc4)c(F)c3)c(F)c2)CC1. The van der Waals surface area contributed by atoms with Crippen LogP contribution in [0.15, 0.2) is 60.7 Å². The molecule has 1 aliphatic carbocycles. The average Bonchev–Trinajstić information content (AvgIpc) is 2.69. The molecule has 1 aliphatic rings. The largest absolute Gasteiger partial charge is 0.206 e. The summed E-state index contributed by atoms with van der Waals surface area (Å²) in [6, 6.07) is 17.3. The van der Waals surface area contributed by atoms with Crippen LogP contribution >= 0.6 is 11.6 Å². The summed E-state index contributed by atoms with van der Waals surface area (Å²) in [5.74, 6) is 0.547. The van der Waals surface area contributed by atoms with E-state index in [0.29, 0.717) is 27.6 Å². The van der Waals surface area contributed by atoms with Gasteiger partial charge in [-0.15, -0.1) is 0 Å². The molecular weight excluding hydrogens is 374 g/mol. The molecule has 3 aromatic rings. The van der Waals surface area contributed by atoms with Crippen molar-refractivity contribution in [3.8, 4) is 22.3 Å². The van der Waals surface area contributed by atoms with Crippen LogP contribution in [-0.2, 0) is 0 Å². The number of hydrogen-bond acceptors (Lipinski definition) is 0. The quantitative estimate of drug-likeness (QED) is 0.418. The van der Waals surface area contributed by atoms with Crippen molar-refractivity contribution in [1.82, 2.24) is 0 Å². The third kappa shape index (κ3) is 3.98. The highest BCUT2D eigenvalue weighted by Gasteiger charge is 2.21. The molecule has 4 rings (SSSR count). The molecule has 0 atom stereocenters. The topological polar surface area (TPSA) is 0 Å². The van der Waals surface area contributed by atoms with Crippen LogP contribution in [0, 0.1) is 17.6 Å². The molecule has 1 saturated carbocycles. The Morgan fingerprint density at radius 3 is 1.93 bits per heavy atom. The van der Waals surface area contributed by atoms with Crippen molar-refractivity contribution in [3.05, 3.63) is 82.9 Å². The second kappa shape index (κ2) is 8.05. The Hall–Kier alpha value is -2.19. The molecule has 0 bridgehead atoms. The van der Waals surface area contributed by atoms with E-state index in [1.54, 1.807) is 48.5 Å². The van der Waals surface area contributed by atoms with Crippen LogP contribution in [-0.4, -0.2) is 0 Å². The van der Waals surface area contributed by atoms with Gasteiger partial charge >= 0.3 is 0 Å². The molecule has 0 radical (unpaired) electrons. The average molecular weight is 397 g/mol. The molecule has 0 spiro atoms. The highest BCUT2D eigenvalue weighted by molar-refractivity contribution is 6.30. The highest BCUT2D eigenvalue weighted by Crippen LogP contribution is 2.37. The predicted molar refractivity (Wildman–Crippen MR) is 113 cm³/mol. The zero-order valence-corrected chi connectivity index (χ0v) is 16.6. The lowest BCUT2D eigenvalue weighted by molar-refractivity contribution is 0.347. The van der Waals surface area contributed by atoms with Gasteiger partial charge in [0.1, 0.15) is 11.6 Å². The van der Waals surface area contributed by atoms with E-state index in [-0.39, 0.29) is 11.6 Å². The van der Waals surface area contributed by atoms with Crippen molar-refractivity contribution in [2.24, 2.45) is 5.92 Å². The van der Waals surface area contributed by atoms with Crippen LogP contribution < -0.4 is 0 Å². The molecular formula is C25H23ClF2. The van der Waals surface area contributed by atoms with Gasteiger partial charge in [0.05, 0.1) is 0 Å². The molecule has 0 unspecified atom stereocenters. The Morgan fingerprint density at radius 2 is 1.29 bits per heavy atom. The first-order chi connectivity index (χ1) is 13.5. The van der Waals surface area contributed by atoms with E-state index in [1.165, 1.54) is 18.9 Å². The van der Waals surface area contributed by atoms with Gasteiger partial charge in [-0.2, -0.15) is 0 Å². The minimum absolute atomic E-state index is 0.283. The van der Waals surface area contributed by atoms with Gasteiger partial charge in [0.2, 0.25) is 0 Å². The Morgan fingerprint density at radius 1 is 0.714 bits per heavy atom. The molecule has 0 heterocycles. The molecule has 0 saturated heterocycles. The van der Waals surface area contributed by atoms with Crippen molar-refractivity contribution in [2.45, 2.75) is 38.5 Å². The van der Waals surface area contributed by atoms with Gasteiger partial charge in [0.15, 0.2) is 0 Å². The lowest BCUT2D eigenvalue weighted by atomic mass is 9.79. The van der Waals surface area contributed by atoms with Gasteiger partial charge in [-0.25, -0.2) is 8.78 Å². The van der Waals surface area contributed by atoms with E-state index < -0.39 is 0 Å². The Labute approximate surface area is 170 Å². The summed E-state index contributed by atoms with van der Waals surface area (Å²) in [4.78, 5) is 0. The molecule has 0 amide bonds. The summed E-state index contributed by atoms with van der Waals surface area (Å²) in [5, 5.41) is 0.607. The molecule has 0 aromatic heterocycles. The molecule has 28 heavy (non-hydrogen) atoms.